The number of halogens is 1. The molecule has 1 aliphatic heterocycles. The molecular formula is C21H22FN3O4. The maximum absolute atomic E-state index is 14.3. The Morgan fingerprint density at radius 1 is 1.34 bits per heavy atom. The zero-order valence-corrected chi connectivity index (χ0v) is 15.8. The Bertz CT molecular complexity index is 923. The molecule has 1 aromatic heterocycles. The number of rotatable bonds is 5. The van der Waals surface area contributed by atoms with E-state index in [1.807, 2.05) is 6.07 Å². The second-order valence-electron chi connectivity index (χ2n) is 7.62. The first kappa shape index (κ1) is 19.2. The number of fused-ring (bicyclic) bond motifs is 1. The van der Waals surface area contributed by atoms with Gasteiger partial charge in [-0.1, -0.05) is 12.5 Å². The summed E-state index contributed by atoms with van der Waals surface area (Å²) in [6.07, 6.45) is 3.91. The van der Waals surface area contributed by atoms with E-state index in [1.165, 1.54) is 17.0 Å². The number of carbonyl (C=O) groups is 2. The zero-order chi connectivity index (χ0) is 20.4. The molecule has 4 rings (SSSR count). The number of benzene rings is 1. The second kappa shape index (κ2) is 7.69. The molecule has 1 saturated carbocycles. The maximum atomic E-state index is 14.3. The highest BCUT2D eigenvalue weighted by Gasteiger charge is 2.55. The average Bonchev–Trinajstić information content (AvgIpc) is 3.27. The van der Waals surface area contributed by atoms with Gasteiger partial charge >= 0.3 is 12.0 Å². The molecule has 2 amide bonds. The molecule has 152 valence electrons. The number of urea groups is 1. The standard InChI is InChI=1S/C21H22FN3O4/c22-17-10-15(6-7-18(17)29-12-16-5-1-2-9-23-16)24-20(28)25-11-14-4-3-8-21(14,13-25)19(26)27/h1-2,5-7,9-10,14H,3-4,8,11-13H2,(H,24,28)(H,26,27)/t14-,21+/m0/s1. The van der Waals surface area contributed by atoms with E-state index in [-0.39, 0.29) is 24.8 Å². The van der Waals surface area contributed by atoms with Crippen molar-refractivity contribution in [2.24, 2.45) is 11.3 Å². The summed E-state index contributed by atoms with van der Waals surface area (Å²) in [4.78, 5) is 30.0. The molecule has 0 unspecified atom stereocenters. The molecule has 1 aliphatic carbocycles. The van der Waals surface area contributed by atoms with Crippen LogP contribution in [-0.4, -0.2) is 40.1 Å². The molecule has 7 nitrogen and oxygen atoms in total. The van der Waals surface area contributed by atoms with Crippen LogP contribution in [0.1, 0.15) is 25.0 Å². The summed E-state index contributed by atoms with van der Waals surface area (Å²) in [7, 11) is 0. The summed E-state index contributed by atoms with van der Waals surface area (Å²) >= 11 is 0. The number of hydrogen-bond acceptors (Lipinski definition) is 4. The van der Waals surface area contributed by atoms with Gasteiger partial charge in [-0.15, -0.1) is 0 Å². The number of nitrogens with zero attached hydrogens (tertiary/aromatic N) is 2. The highest BCUT2D eigenvalue weighted by molar-refractivity contribution is 5.90. The number of amides is 2. The van der Waals surface area contributed by atoms with Crippen LogP contribution in [0.2, 0.25) is 0 Å². The molecule has 29 heavy (non-hydrogen) atoms. The van der Waals surface area contributed by atoms with Gasteiger partial charge in [0.25, 0.3) is 0 Å². The Balaban J connectivity index is 1.38. The predicted molar refractivity (Wildman–Crippen MR) is 103 cm³/mol. The SMILES string of the molecule is O=C(Nc1ccc(OCc2ccccn2)c(F)c1)N1C[C@@H]2CCC[C@@]2(C(=O)O)C1. The highest BCUT2D eigenvalue weighted by Crippen LogP contribution is 2.48. The maximum Gasteiger partial charge on any atom is 0.321 e. The summed E-state index contributed by atoms with van der Waals surface area (Å²) in [5, 5.41) is 12.3. The number of aromatic nitrogens is 1. The third kappa shape index (κ3) is 3.74. The van der Waals surface area contributed by atoms with Gasteiger partial charge < -0.3 is 20.1 Å². The molecule has 2 atom stereocenters. The molecular weight excluding hydrogens is 377 g/mol. The molecule has 2 N–H and O–H groups in total. The van der Waals surface area contributed by atoms with Gasteiger partial charge in [0, 0.05) is 31.0 Å². The summed E-state index contributed by atoms with van der Waals surface area (Å²) in [5.74, 6) is -1.39. The van der Waals surface area contributed by atoms with Crippen molar-refractivity contribution in [1.29, 1.82) is 0 Å². The van der Waals surface area contributed by atoms with E-state index in [0.717, 1.165) is 12.8 Å². The van der Waals surface area contributed by atoms with E-state index in [0.29, 0.717) is 24.3 Å². The molecule has 8 heteroatoms. The molecule has 1 aromatic carbocycles. The van der Waals surface area contributed by atoms with Gasteiger partial charge in [-0.25, -0.2) is 9.18 Å². The lowest BCUT2D eigenvalue weighted by Gasteiger charge is -2.23. The minimum Gasteiger partial charge on any atom is -0.484 e. The van der Waals surface area contributed by atoms with Crippen LogP contribution in [0, 0.1) is 17.2 Å². The number of likely N-dealkylation sites (tertiary alicyclic amines) is 1. The van der Waals surface area contributed by atoms with Crippen molar-refractivity contribution in [3.63, 3.8) is 0 Å². The lowest BCUT2D eigenvalue weighted by Crippen LogP contribution is -2.38. The minimum absolute atomic E-state index is 0.0233. The molecule has 2 fully saturated rings. The van der Waals surface area contributed by atoms with Crippen molar-refractivity contribution in [3.05, 3.63) is 54.1 Å². The van der Waals surface area contributed by atoms with E-state index in [9.17, 15) is 19.1 Å². The van der Waals surface area contributed by atoms with Crippen LogP contribution in [0.4, 0.5) is 14.9 Å². The van der Waals surface area contributed by atoms with Gasteiger partial charge in [0.15, 0.2) is 11.6 Å². The first-order valence-electron chi connectivity index (χ1n) is 9.59. The highest BCUT2D eigenvalue weighted by atomic mass is 19.1. The number of carboxylic acid groups (broad SMARTS) is 1. The molecule has 0 bridgehead atoms. The van der Waals surface area contributed by atoms with E-state index >= 15 is 0 Å². The van der Waals surface area contributed by atoms with Gasteiger partial charge in [-0.2, -0.15) is 0 Å². The van der Waals surface area contributed by atoms with Crippen LogP contribution in [0.5, 0.6) is 5.75 Å². The first-order valence-corrected chi connectivity index (χ1v) is 9.59. The molecule has 0 spiro atoms. The van der Waals surface area contributed by atoms with Gasteiger partial charge in [-0.3, -0.25) is 9.78 Å². The number of carboxylic acids is 1. The van der Waals surface area contributed by atoms with Crippen LogP contribution in [-0.2, 0) is 11.4 Å². The Hall–Kier alpha value is -3.16. The third-order valence-electron chi connectivity index (χ3n) is 5.87. The largest absolute Gasteiger partial charge is 0.484 e. The van der Waals surface area contributed by atoms with Crippen molar-refractivity contribution in [3.8, 4) is 5.75 Å². The Kier molecular flexibility index (Phi) is 5.08. The van der Waals surface area contributed by atoms with Gasteiger partial charge in [0.1, 0.15) is 6.61 Å². The lowest BCUT2D eigenvalue weighted by molar-refractivity contribution is -0.149. The number of nitrogens with one attached hydrogen (secondary N) is 1. The summed E-state index contributed by atoms with van der Waals surface area (Å²) in [5.41, 5.74) is 0.126. The van der Waals surface area contributed by atoms with Crippen molar-refractivity contribution in [2.45, 2.75) is 25.9 Å². The molecule has 2 heterocycles. The molecule has 2 aromatic rings. The summed E-state index contributed by atoms with van der Waals surface area (Å²) in [6, 6.07) is 9.16. The second-order valence-corrected chi connectivity index (χ2v) is 7.62. The number of pyridine rings is 1. The Morgan fingerprint density at radius 2 is 2.21 bits per heavy atom. The average molecular weight is 399 g/mol. The fraction of sp³-hybridized carbons (Fsp3) is 0.381. The van der Waals surface area contributed by atoms with Crippen molar-refractivity contribution in [1.82, 2.24) is 9.88 Å². The van der Waals surface area contributed by atoms with E-state index < -0.39 is 23.2 Å². The van der Waals surface area contributed by atoms with Crippen LogP contribution in [0.25, 0.3) is 0 Å². The number of carbonyl (C=O) groups excluding carboxylic acids is 1. The predicted octanol–water partition coefficient (Wildman–Crippen LogP) is 3.52. The van der Waals surface area contributed by atoms with Crippen molar-refractivity contribution >= 4 is 17.7 Å². The van der Waals surface area contributed by atoms with E-state index in [4.69, 9.17) is 4.74 Å². The Morgan fingerprint density at radius 3 is 2.90 bits per heavy atom. The van der Waals surface area contributed by atoms with E-state index in [1.54, 1.807) is 24.4 Å². The number of aliphatic carboxylic acids is 1. The normalized spacial score (nSPS) is 22.9. The monoisotopic (exact) mass is 399 g/mol. The third-order valence-corrected chi connectivity index (χ3v) is 5.87. The van der Waals surface area contributed by atoms with Crippen LogP contribution in [0.15, 0.2) is 42.6 Å². The van der Waals surface area contributed by atoms with Crippen molar-refractivity contribution < 1.29 is 23.8 Å². The van der Waals surface area contributed by atoms with Crippen LogP contribution < -0.4 is 10.1 Å². The number of anilines is 1. The minimum atomic E-state index is -0.842. The van der Waals surface area contributed by atoms with Crippen LogP contribution in [0.3, 0.4) is 0 Å². The smallest absolute Gasteiger partial charge is 0.321 e. The lowest BCUT2D eigenvalue weighted by atomic mass is 9.81. The number of ether oxygens (including phenoxy) is 1. The first-order chi connectivity index (χ1) is 14.0. The fourth-order valence-electron chi connectivity index (χ4n) is 4.33. The van der Waals surface area contributed by atoms with Crippen molar-refractivity contribution in [2.75, 3.05) is 18.4 Å². The Labute approximate surface area is 167 Å². The molecule has 0 radical (unpaired) electrons. The molecule has 1 saturated heterocycles. The summed E-state index contributed by atoms with van der Waals surface area (Å²) < 4.78 is 19.8. The van der Waals surface area contributed by atoms with Gasteiger partial charge in [0.2, 0.25) is 0 Å². The van der Waals surface area contributed by atoms with Gasteiger partial charge in [-0.05, 0) is 43.0 Å². The van der Waals surface area contributed by atoms with E-state index in [2.05, 4.69) is 10.3 Å². The molecule has 2 aliphatic rings. The zero-order valence-electron chi connectivity index (χ0n) is 15.8. The topological polar surface area (TPSA) is 91.8 Å². The fourth-order valence-corrected chi connectivity index (χ4v) is 4.33. The quantitative estimate of drug-likeness (QED) is 0.803. The summed E-state index contributed by atoms with van der Waals surface area (Å²) in [6.45, 7) is 0.731. The number of hydrogen-bond donors (Lipinski definition) is 2. The van der Waals surface area contributed by atoms with Gasteiger partial charge in [0.05, 0.1) is 11.1 Å². The van der Waals surface area contributed by atoms with Crippen LogP contribution >= 0.6 is 0 Å².